The van der Waals surface area contributed by atoms with Gasteiger partial charge in [-0.25, -0.2) is 4.39 Å². The van der Waals surface area contributed by atoms with Gasteiger partial charge in [0.15, 0.2) is 11.0 Å². The van der Waals surface area contributed by atoms with Crippen molar-refractivity contribution in [2.75, 3.05) is 23.5 Å². The number of halogens is 2. The molecule has 4 aromatic rings. The minimum absolute atomic E-state index is 0.116. The van der Waals surface area contributed by atoms with Crippen molar-refractivity contribution in [3.8, 4) is 11.4 Å². The number of hydrogen-bond acceptors (Lipinski definition) is 6. The van der Waals surface area contributed by atoms with Crippen LogP contribution in [0.2, 0.25) is 5.02 Å². The van der Waals surface area contributed by atoms with Crippen molar-refractivity contribution >= 4 is 40.6 Å². The van der Waals surface area contributed by atoms with E-state index in [1.165, 1.54) is 23.9 Å². The van der Waals surface area contributed by atoms with Crippen LogP contribution in [-0.2, 0) is 11.3 Å². The molecule has 0 atom stereocenters. The van der Waals surface area contributed by atoms with E-state index < -0.39 is 0 Å². The van der Waals surface area contributed by atoms with Gasteiger partial charge in [-0.1, -0.05) is 35.5 Å². The van der Waals surface area contributed by atoms with Gasteiger partial charge in [-0.05, 0) is 60.7 Å². The molecule has 7 nitrogen and oxygen atoms in total. The lowest BCUT2D eigenvalue weighted by Gasteiger charge is -2.12. The molecule has 0 bridgehead atoms. The van der Waals surface area contributed by atoms with Crippen molar-refractivity contribution in [1.82, 2.24) is 14.8 Å². The average molecular weight is 498 g/mol. The Kier molecular flexibility index (Phi) is 7.66. The number of anilines is 2. The Balaban J connectivity index is 1.52. The van der Waals surface area contributed by atoms with Crippen LogP contribution in [0.4, 0.5) is 15.8 Å². The molecule has 0 aliphatic carbocycles. The van der Waals surface area contributed by atoms with Crippen LogP contribution in [0.3, 0.4) is 0 Å². The molecule has 1 aromatic heterocycles. The zero-order valence-corrected chi connectivity index (χ0v) is 19.7. The normalized spacial score (nSPS) is 10.7. The van der Waals surface area contributed by atoms with Gasteiger partial charge in [0.25, 0.3) is 0 Å². The Labute approximate surface area is 205 Å². The summed E-state index contributed by atoms with van der Waals surface area (Å²) in [6, 6.07) is 20.6. The van der Waals surface area contributed by atoms with E-state index in [0.29, 0.717) is 28.2 Å². The van der Waals surface area contributed by atoms with Crippen LogP contribution in [-0.4, -0.2) is 33.5 Å². The van der Waals surface area contributed by atoms with Gasteiger partial charge in [-0.15, -0.1) is 10.2 Å². The first-order valence-corrected chi connectivity index (χ1v) is 11.6. The van der Waals surface area contributed by atoms with Gasteiger partial charge in [0.2, 0.25) is 5.91 Å². The van der Waals surface area contributed by atoms with E-state index in [2.05, 4.69) is 20.8 Å². The number of rotatable bonds is 9. The number of thioether (sulfide) groups is 1. The monoisotopic (exact) mass is 497 g/mol. The molecule has 0 unspecified atom stereocenters. The van der Waals surface area contributed by atoms with Crippen molar-refractivity contribution < 1.29 is 13.9 Å². The van der Waals surface area contributed by atoms with Gasteiger partial charge >= 0.3 is 0 Å². The van der Waals surface area contributed by atoms with Crippen LogP contribution < -0.4 is 15.4 Å². The maximum absolute atomic E-state index is 13.2. The first-order chi connectivity index (χ1) is 16.5. The molecule has 0 saturated heterocycles. The quantitative estimate of drug-likeness (QED) is 0.301. The first kappa shape index (κ1) is 23.6. The second kappa shape index (κ2) is 11.0. The highest BCUT2D eigenvalue weighted by atomic mass is 35.5. The second-order valence-electron chi connectivity index (χ2n) is 7.11. The van der Waals surface area contributed by atoms with Crippen LogP contribution in [0.5, 0.6) is 5.75 Å². The molecular weight excluding hydrogens is 477 g/mol. The highest BCUT2D eigenvalue weighted by Crippen LogP contribution is 2.26. The minimum atomic E-state index is -0.305. The molecule has 2 N–H and O–H groups in total. The average Bonchev–Trinajstić information content (AvgIpc) is 3.26. The van der Waals surface area contributed by atoms with E-state index in [-0.39, 0.29) is 17.5 Å². The van der Waals surface area contributed by atoms with Crippen molar-refractivity contribution in [3.05, 3.63) is 89.5 Å². The summed E-state index contributed by atoms with van der Waals surface area (Å²) >= 11 is 7.38. The number of amides is 1. The summed E-state index contributed by atoms with van der Waals surface area (Å²) in [7, 11) is 1.60. The first-order valence-electron chi connectivity index (χ1n) is 10.3. The third-order valence-corrected chi connectivity index (χ3v) is 6.06. The molecule has 174 valence electrons. The summed E-state index contributed by atoms with van der Waals surface area (Å²) < 4.78 is 20.3. The molecule has 10 heteroatoms. The van der Waals surface area contributed by atoms with Gasteiger partial charge in [-0.3, -0.25) is 9.36 Å². The molecule has 0 saturated carbocycles. The van der Waals surface area contributed by atoms with E-state index in [4.69, 9.17) is 16.3 Å². The number of nitrogens with one attached hydrogen (secondary N) is 2. The van der Waals surface area contributed by atoms with E-state index in [1.807, 2.05) is 28.8 Å². The Morgan fingerprint density at radius 2 is 1.79 bits per heavy atom. The maximum atomic E-state index is 13.2. The number of methoxy groups -OCH3 is 1. The number of para-hydroxylation sites is 1. The van der Waals surface area contributed by atoms with Gasteiger partial charge in [0, 0.05) is 11.4 Å². The number of carbonyl (C=O) groups is 1. The summed E-state index contributed by atoms with van der Waals surface area (Å²) in [6.07, 6.45) is 0. The van der Waals surface area contributed by atoms with Crippen LogP contribution >= 0.6 is 23.4 Å². The lowest BCUT2D eigenvalue weighted by Crippen LogP contribution is -2.15. The minimum Gasteiger partial charge on any atom is -0.497 e. The molecule has 1 amide bonds. The van der Waals surface area contributed by atoms with E-state index in [1.54, 1.807) is 43.5 Å². The van der Waals surface area contributed by atoms with Crippen LogP contribution in [0.15, 0.2) is 78.0 Å². The molecule has 0 aliphatic rings. The van der Waals surface area contributed by atoms with Crippen molar-refractivity contribution in [3.63, 3.8) is 0 Å². The molecule has 0 fully saturated rings. The molecule has 0 radical (unpaired) electrons. The molecule has 34 heavy (non-hydrogen) atoms. The zero-order chi connectivity index (χ0) is 23.9. The third kappa shape index (κ3) is 5.86. The molecule has 0 spiro atoms. The van der Waals surface area contributed by atoms with Gasteiger partial charge < -0.3 is 15.4 Å². The van der Waals surface area contributed by atoms with Gasteiger partial charge in [0.05, 0.1) is 30.1 Å². The summed E-state index contributed by atoms with van der Waals surface area (Å²) in [5, 5.41) is 15.7. The number of ether oxygens (including phenoxy) is 1. The number of aromatic nitrogens is 3. The summed E-state index contributed by atoms with van der Waals surface area (Å²) in [5.41, 5.74) is 2.12. The predicted molar refractivity (Wildman–Crippen MR) is 132 cm³/mol. The molecule has 4 rings (SSSR count). The fourth-order valence-corrected chi connectivity index (χ4v) is 4.08. The smallest absolute Gasteiger partial charge is 0.234 e. The predicted octanol–water partition coefficient (Wildman–Crippen LogP) is 5.41. The zero-order valence-electron chi connectivity index (χ0n) is 18.2. The maximum Gasteiger partial charge on any atom is 0.234 e. The summed E-state index contributed by atoms with van der Waals surface area (Å²) in [6.45, 7) is 0.344. The number of benzene rings is 3. The Morgan fingerprint density at radius 3 is 2.50 bits per heavy atom. The van der Waals surface area contributed by atoms with Crippen molar-refractivity contribution in [2.24, 2.45) is 0 Å². The SMILES string of the molecule is COc1ccc(-n2c(CNc3ccc(F)cc3)nnc2SCC(=O)Nc2ccccc2Cl)cc1. The fraction of sp³-hybridized carbons (Fsp3) is 0.125. The topological polar surface area (TPSA) is 81.1 Å². The second-order valence-corrected chi connectivity index (χ2v) is 8.46. The number of nitrogens with zero attached hydrogens (tertiary/aromatic N) is 3. The van der Waals surface area contributed by atoms with Crippen molar-refractivity contribution in [1.29, 1.82) is 0 Å². The lowest BCUT2D eigenvalue weighted by molar-refractivity contribution is -0.113. The molecule has 1 heterocycles. The standard InChI is InChI=1S/C24H21ClFN5O2S/c1-33-19-12-10-18(11-13-19)31-22(14-27-17-8-6-16(26)7-9-17)29-30-24(31)34-15-23(32)28-21-5-3-2-4-20(21)25/h2-13,27H,14-15H2,1H3,(H,28,32). The Bertz CT molecular complexity index is 1270. The summed E-state index contributed by atoms with van der Waals surface area (Å²) in [5.74, 6) is 0.943. The summed E-state index contributed by atoms with van der Waals surface area (Å²) in [4.78, 5) is 12.5. The van der Waals surface area contributed by atoms with Crippen LogP contribution in [0, 0.1) is 5.82 Å². The Hall–Kier alpha value is -3.56. The molecular formula is C24H21ClFN5O2S. The van der Waals surface area contributed by atoms with E-state index in [0.717, 1.165) is 17.1 Å². The molecule has 3 aromatic carbocycles. The number of carbonyl (C=O) groups excluding carboxylic acids is 1. The lowest BCUT2D eigenvalue weighted by atomic mass is 10.3. The highest BCUT2D eigenvalue weighted by Gasteiger charge is 2.16. The Morgan fingerprint density at radius 1 is 1.06 bits per heavy atom. The van der Waals surface area contributed by atoms with Gasteiger partial charge in [-0.2, -0.15) is 0 Å². The highest BCUT2D eigenvalue weighted by molar-refractivity contribution is 7.99. The fourth-order valence-electron chi connectivity index (χ4n) is 3.13. The van der Waals surface area contributed by atoms with Crippen molar-refractivity contribution in [2.45, 2.75) is 11.7 Å². The van der Waals surface area contributed by atoms with Gasteiger partial charge in [0.1, 0.15) is 11.6 Å². The molecule has 0 aliphatic heterocycles. The van der Waals surface area contributed by atoms with Crippen LogP contribution in [0.25, 0.3) is 5.69 Å². The number of hydrogen-bond donors (Lipinski definition) is 2. The van der Waals surface area contributed by atoms with E-state index >= 15 is 0 Å². The van der Waals surface area contributed by atoms with E-state index in [9.17, 15) is 9.18 Å². The largest absolute Gasteiger partial charge is 0.497 e. The third-order valence-electron chi connectivity index (χ3n) is 4.81. The van der Waals surface area contributed by atoms with Crippen LogP contribution in [0.1, 0.15) is 5.82 Å².